The second-order valence-corrected chi connectivity index (χ2v) is 6.63. The van der Waals surface area contributed by atoms with Crippen LogP contribution in [0.4, 0.5) is 5.95 Å². The van der Waals surface area contributed by atoms with Crippen LogP contribution in [0.1, 0.15) is 44.2 Å². The molecule has 0 radical (unpaired) electrons. The van der Waals surface area contributed by atoms with Gasteiger partial charge in [0.2, 0.25) is 5.95 Å². The molecule has 3 heterocycles. The van der Waals surface area contributed by atoms with Gasteiger partial charge in [-0.2, -0.15) is 0 Å². The van der Waals surface area contributed by atoms with E-state index in [9.17, 15) is 0 Å². The molecule has 2 aromatic rings. The van der Waals surface area contributed by atoms with Crippen molar-refractivity contribution in [3.05, 3.63) is 35.9 Å². The van der Waals surface area contributed by atoms with Gasteiger partial charge in [-0.1, -0.05) is 35.4 Å². The summed E-state index contributed by atoms with van der Waals surface area (Å²) in [5, 5.41) is 12.5. The molecule has 23 heavy (non-hydrogen) atoms. The Hall–Kier alpha value is -1.95. The zero-order valence-corrected chi connectivity index (χ0v) is 13.6. The first-order chi connectivity index (χ1) is 11.3. The van der Waals surface area contributed by atoms with Gasteiger partial charge in [0.1, 0.15) is 0 Å². The highest BCUT2D eigenvalue weighted by Gasteiger charge is 2.39. The van der Waals surface area contributed by atoms with Crippen LogP contribution in [-0.2, 0) is 4.74 Å². The lowest BCUT2D eigenvalue weighted by Gasteiger charge is -2.38. The van der Waals surface area contributed by atoms with Crippen molar-refractivity contribution in [2.75, 3.05) is 24.6 Å². The van der Waals surface area contributed by atoms with Crippen LogP contribution in [0.25, 0.3) is 0 Å². The van der Waals surface area contributed by atoms with E-state index in [1.807, 2.05) is 10.7 Å². The molecule has 1 atom stereocenters. The van der Waals surface area contributed by atoms with Gasteiger partial charge in [0.15, 0.2) is 0 Å². The largest absolute Gasteiger partial charge is 0.375 e. The number of hydrogen-bond donors (Lipinski definition) is 0. The Morgan fingerprint density at radius 1 is 1.13 bits per heavy atom. The molecule has 1 unspecified atom stereocenters. The molecule has 0 amide bonds. The Labute approximate surface area is 136 Å². The standard InChI is InChI=1S/C17H23N5O/c1-14(15-6-3-2-4-7-15)22-16(18-19-20-22)21-11-9-17(10-12-21)8-5-13-23-17/h2-4,6-7,14H,5,8-13H2,1H3. The van der Waals surface area contributed by atoms with Gasteiger partial charge in [0.05, 0.1) is 11.6 Å². The van der Waals surface area contributed by atoms with Crippen molar-refractivity contribution in [2.24, 2.45) is 0 Å². The number of rotatable bonds is 3. The number of ether oxygens (including phenoxy) is 1. The van der Waals surface area contributed by atoms with Gasteiger partial charge in [0.25, 0.3) is 0 Å². The summed E-state index contributed by atoms with van der Waals surface area (Å²) in [5.41, 5.74) is 1.34. The molecule has 1 aromatic carbocycles. The molecular weight excluding hydrogens is 290 g/mol. The van der Waals surface area contributed by atoms with Crippen molar-refractivity contribution in [2.45, 2.75) is 44.2 Å². The quantitative estimate of drug-likeness (QED) is 0.871. The molecule has 2 fully saturated rings. The number of nitrogens with zero attached hydrogens (tertiary/aromatic N) is 5. The molecule has 1 aromatic heterocycles. The summed E-state index contributed by atoms with van der Waals surface area (Å²) in [6.07, 6.45) is 4.54. The fourth-order valence-corrected chi connectivity index (χ4v) is 3.78. The summed E-state index contributed by atoms with van der Waals surface area (Å²) >= 11 is 0. The predicted molar refractivity (Wildman–Crippen MR) is 87.4 cm³/mol. The lowest BCUT2D eigenvalue weighted by atomic mass is 9.89. The Bertz CT molecular complexity index is 640. The average molecular weight is 313 g/mol. The Kier molecular flexibility index (Phi) is 3.77. The van der Waals surface area contributed by atoms with Crippen molar-refractivity contribution in [1.82, 2.24) is 20.2 Å². The zero-order chi connectivity index (χ0) is 15.7. The maximum absolute atomic E-state index is 6.01. The van der Waals surface area contributed by atoms with Crippen LogP contribution in [0, 0.1) is 0 Å². The van der Waals surface area contributed by atoms with E-state index in [1.165, 1.54) is 18.4 Å². The third kappa shape index (κ3) is 2.72. The molecule has 4 rings (SSSR count). The smallest absolute Gasteiger partial charge is 0.246 e. The fourth-order valence-electron chi connectivity index (χ4n) is 3.78. The Morgan fingerprint density at radius 3 is 2.61 bits per heavy atom. The van der Waals surface area contributed by atoms with E-state index in [0.29, 0.717) is 0 Å². The van der Waals surface area contributed by atoms with E-state index in [-0.39, 0.29) is 11.6 Å². The fraction of sp³-hybridized carbons (Fsp3) is 0.588. The summed E-state index contributed by atoms with van der Waals surface area (Å²) in [6.45, 7) is 4.98. The molecule has 6 heteroatoms. The topological polar surface area (TPSA) is 56.1 Å². The molecule has 0 bridgehead atoms. The van der Waals surface area contributed by atoms with E-state index in [0.717, 1.165) is 38.5 Å². The molecule has 2 aliphatic heterocycles. The molecule has 0 aliphatic carbocycles. The van der Waals surface area contributed by atoms with Gasteiger partial charge in [-0.15, -0.1) is 0 Å². The van der Waals surface area contributed by atoms with Crippen molar-refractivity contribution in [1.29, 1.82) is 0 Å². The van der Waals surface area contributed by atoms with Gasteiger partial charge < -0.3 is 9.64 Å². The number of tetrazole rings is 1. The lowest BCUT2D eigenvalue weighted by Crippen LogP contribution is -2.45. The SMILES string of the molecule is CC(c1ccccc1)n1nnnc1N1CCC2(CCCO2)CC1. The second kappa shape index (κ2) is 5.92. The normalized spacial score (nSPS) is 21.7. The Morgan fingerprint density at radius 2 is 1.91 bits per heavy atom. The summed E-state index contributed by atoms with van der Waals surface area (Å²) in [4.78, 5) is 2.30. The van der Waals surface area contributed by atoms with Gasteiger partial charge in [-0.05, 0) is 48.6 Å². The number of hydrogen-bond acceptors (Lipinski definition) is 5. The summed E-state index contributed by atoms with van der Waals surface area (Å²) < 4.78 is 7.94. The van der Waals surface area contributed by atoms with Crippen molar-refractivity contribution < 1.29 is 4.74 Å². The second-order valence-electron chi connectivity index (χ2n) is 6.63. The average Bonchev–Trinajstić information content (AvgIpc) is 3.26. The molecule has 2 aliphatic rings. The highest BCUT2D eigenvalue weighted by molar-refractivity contribution is 5.32. The molecule has 1 spiro atoms. The van der Waals surface area contributed by atoms with Crippen LogP contribution in [0.5, 0.6) is 0 Å². The van der Waals surface area contributed by atoms with Gasteiger partial charge in [0, 0.05) is 19.7 Å². The summed E-state index contributed by atoms with van der Waals surface area (Å²) in [7, 11) is 0. The zero-order valence-electron chi connectivity index (χ0n) is 13.6. The molecular formula is C17H23N5O. The highest BCUT2D eigenvalue weighted by atomic mass is 16.5. The monoisotopic (exact) mass is 313 g/mol. The van der Waals surface area contributed by atoms with Crippen molar-refractivity contribution in [3.63, 3.8) is 0 Å². The van der Waals surface area contributed by atoms with Crippen LogP contribution in [-0.4, -0.2) is 45.5 Å². The molecule has 0 N–H and O–H groups in total. The van der Waals surface area contributed by atoms with Crippen LogP contribution >= 0.6 is 0 Å². The van der Waals surface area contributed by atoms with Crippen LogP contribution < -0.4 is 4.90 Å². The van der Waals surface area contributed by atoms with E-state index in [1.54, 1.807) is 0 Å². The van der Waals surface area contributed by atoms with Crippen molar-refractivity contribution >= 4 is 5.95 Å². The Balaban J connectivity index is 1.52. The van der Waals surface area contributed by atoms with Gasteiger partial charge in [-0.3, -0.25) is 0 Å². The lowest BCUT2D eigenvalue weighted by molar-refractivity contribution is -0.0149. The molecule has 0 saturated carbocycles. The minimum Gasteiger partial charge on any atom is -0.375 e. The van der Waals surface area contributed by atoms with E-state index in [2.05, 4.69) is 51.6 Å². The number of aromatic nitrogens is 4. The number of anilines is 1. The van der Waals surface area contributed by atoms with Gasteiger partial charge >= 0.3 is 0 Å². The van der Waals surface area contributed by atoms with Crippen LogP contribution in [0.3, 0.4) is 0 Å². The third-order valence-corrected chi connectivity index (χ3v) is 5.27. The first-order valence-corrected chi connectivity index (χ1v) is 8.49. The highest BCUT2D eigenvalue weighted by Crippen LogP contribution is 2.36. The van der Waals surface area contributed by atoms with Crippen LogP contribution in [0.2, 0.25) is 0 Å². The summed E-state index contributed by atoms with van der Waals surface area (Å²) in [5.74, 6) is 0.870. The number of benzene rings is 1. The predicted octanol–water partition coefficient (Wildman–Crippen LogP) is 2.43. The first kappa shape index (κ1) is 14.6. The maximum Gasteiger partial charge on any atom is 0.246 e. The third-order valence-electron chi connectivity index (χ3n) is 5.27. The molecule has 6 nitrogen and oxygen atoms in total. The van der Waals surface area contributed by atoms with E-state index < -0.39 is 0 Å². The van der Waals surface area contributed by atoms with Crippen LogP contribution in [0.15, 0.2) is 30.3 Å². The number of piperidine rings is 1. The first-order valence-electron chi connectivity index (χ1n) is 8.49. The summed E-state index contributed by atoms with van der Waals surface area (Å²) in [6, 6.07) is 10.5. The minimum atomic E-state index is 0.125. The molecule has 2 saturated heterocycles. The minimum absolute atomic E-state index is 0.125. The van der Waals surface area contributed by atoms with Gasteiger partial charge in [-0.25, -0.2) is 4.68 Å². The van der Waals surface area contributed by atoms with Crippen molar-refractivity contribution in [3.8, 4) is 0 Å². The maximum atomic E-state index is 6.01. The van der Waals surface area contributed by atoms with E-state index in [4.69, 9.17) is 4.74 Å². The van der Waals surface area contributed by atoms with E-state index >= 15 is 0 Å². The molecule has 122 valence electrons.